The minimum Gasteiger partial charge on any atom is -0.351 e. The highest BCUT2D eigenvalue weighted by Crippen LogP contribution is 2.26. The van der Waals surface area contributed by atoms with Crippen molar-refractivity contribution in [2.75, 3.05) is 26.2 Å². The van der Waals surface area contributed by atoms with Crippen LogP contribution in [-0.4, -0.2) is 61.7 Å². The lowest BCUT2D eigenvalue weighted by Crippen LogP contribution is -2.52. The van der Waals surface area contributed by atoms with Gasteiger partial charge >= 0.3 is 0 Å². The molecule has 1 unspecified atom stereocenters. The zero-order chi connectivity index (χ0) is 21.9. The molecule has 0 bridgehead atoms. The van der Waals surface area contributed by atoms with Gasteiger partial charge in [-0.2, -0.15) is 4.31 Å². The van der Waals surface area contributed by atoms with E-state index in [2.05, 4.69) is 5.32 Å². The second-order valence-corrected chi connectivity index (χ2v) is 10.7. The van der Waals surface area contributed by atoms with Crippen LogP contribution in [0.1, 0.15) is 45.1 Å². The zero-order valence-electron chi connectivity index (χ0n) is 18.1. The van der Waals surface area contributed by atoms with Gasteiger partial charge in [0.05, 0.1) is 4.90 Å². The monoisotopic (exact) mass is 435 g/mol. The van der Waals surface area contributed by atoms with Crippen LogP contribution in [0, 0.1) is 18.8 Å². The molecule has 166 valence electrons. The smallest absolute Gasteiger partial charge is 0.243 e. The van der Waals surface area contributed by atoms with E-state index in [0.717, 1.165) is 18.4 Å². The van der Waals surface area contributed by atoms with Crippen molar-refractivity contribution in [1.82, 2.24) is 14.5 Å². The van der Waals surface area contributed by atoms with Crippen LogP contribution in [-0.2, 0) is 19.6 Å². The van der Waals surface area contributed by atoms with E-state index in [1.807, 2.05) is 25.7 Å². The Balaban J connectivity index is 1.56. The number of sulfonamides is 1. The summed E-state index contributed by atoms with van der Waals surface area (Å²) in [7, 11) is -3.52. The minimum atomic E-state index is -3.52. The number of aryl methyl sites for hydroxylation is 1. The summed E-state index contributed by atoms with van der Waals surface area (Å²) in [6.07, 6.45) is 2.82. The number of carbonyl (C=O) groups excluding carboxylic acids is 2. The summed E-state index contributed by atoms with van der Waals surface area (Å²) in [6.45, 7) is 7.60. The molecule has 0 spiro atoms. The molecule has 0 radical (unpaired) electrons. The highest BCUT2D eigenvalue weighted by atomic mass is 32.2. The molecule has 3 rings (SSSR count). The number of nitrogens with zero attached hydrogens (tertiary/aromatic N) is 2. The maximum atomic E-state index is 13.0. The molecule has 30 heavy (non-hydrogen) atoms. The molecule has 1 aromatic carbocycles. The fourth-order valence-electron chi connectivity index (χ4n) is 4.12. The lowest BCUT2D eigenvalue weighted by molar-refractivity contribution is -0.139. The van der Waals surface area contributed by atoms with E-state index in [9.17, 15) is 18.0 Å². The number of benzene rings is 1. The van der Waals surface area contributed by atoms with Crippen LogP contribution in [0.5, 0.6) is 0 Å². The van der Waals surface area contributed by atoms with Crippen LogP contribution >= 0.6 is 0 Å². The van der Waals surface area contributed by atoms with Crippen molar-refractivity contribution in [2.24, 2.45) is 11.8 Å². The van der Waals surface area contributed by atoms with E-state index in [-0.39, 0.29) is 29.7 Å². The molecule has 1 atom stereocenters. The van der Waals surface area contributed by atoms with Crippen LogP contribution in [0.15, 0.2) is 29.2 Å². The molecule has 0 aliphatic carbocycles. The predicted octanol–water partition coefficient (Wildman–Crippen LogP) is 2.16. The molecule has 2 aliphatic heterocycles. The van der Waals surface area contributed by atoms with Crippen molar-refractivity contribution < 1.29 is 18.0 Å². The Hall–Kier alpha value is -1.93. The Morgan fingerprint density at radius 1 is 1.03 bits per heavy atom. The van der Waals surface area contributed by atoms with Gasteiger partial charge in [0.15, 0.2) is 0 Å². The maximum Gasteiger partial charge on any atom is 0.243 e. The Labute approximate surface area is 179 Å². The molecule has 2 saturated heterocycles. The van der Waals surface area contributed by atoms with Crippen molar-refractivity contribution in [3.05, 3.63) is 29.8 Å². The van der Waals surface area contributed by atoms with Gasteiger partial charge in [-0.1, -0.05) is 31.5 Å². The number of rotatable bonds is 5. The van der Waals surface area contributed by atoms with Crippen molar-refractivity contribution in [3.8, 4) is 0 Å². The number of piperidine rings is 2. The first-order valence-corrected chi connectivity index (χ1v) is 12.3. The van der Waals surface area contributed by atoms with Crippen molar-refractivity contribution in [2.45, 2.75) is 57.4 Å². The van der Waals surface area contributed by atoms with Crippen molar-refractivity contribution in [1.29, 1.82) is 0 Å². The number of hydrogen-bond acceptors (Lipinski definition) is 4. The van der Waals surface area contributed by atoms with E-state index >= 15 is 0 Å². The Bertz CT molecular complexity index is 859. The zero-order valence-corrected chi connectivity index (χ0v) is 19.0. The highest BCUT2D eigenvalue weighted by Gasteiger charge is 2.35. The van der Waals surface area contributed by atoms with Crippen LogP contribution in [0.2, 0.25) is 0 Å². The third kappa shape index (κ3) is 5.21. The Morgan fingerprint density at radius 2 is 1.67 bits per heavy atom. The maximum absolute atomic E-state index is 13.0. The average Bonchev–Trinajstić information content (AvgIpc) is 2.73. The lowest BCUT2D eigenvalue weighted by Gasteiger charge is -2.37. The fourth-order valence-corrected chi connectivity index (χ4v) is 5.59. The summed E-state index contributed by atoms with van der Waals surface area (Å²) >= 11 is 0. The predicted molar refractivity (Wildman–Crippen MR) is 115 cm³/mol. The number of likely N-dealkylation sites (tertiary alicyclic amines) is 1. The second kappa shape index (κ2) is 9.47. The summed E-state index contributed by atoms with van der Waals surface area (Å²) in [5.41, 5.74) is 1.02. The van der Waals surface area contributed by atoms with Gasteiger partial charge in [0.2, 0.25) is 21.8 Å². The summed E-state index contributed by atoms with van der Waals surface area (Å²) in [4.78, 5) is 27.2. The third-order valence-electron chi connectivity index (χ3n) is 6.07. The van der Waals surface area contributed by atoms with Crippen LogP contribution < -0.4 is 5.32 Å². The number of nitrogens with one attached hydrogen (secondary N) is 1. The quantitative estimate of drug-likeness (QED) is 0.768. The minimum absolute atomic E-state index is 0.000367. The third-order valence-corrected chi connectivity index (χ3v) is 7.98. The van der Waals surface area contributed by atoms with Gasteiger partial charge in [-0.25, -0.2) is 8.42 Å². The molecule has 2 aliphatic rings. The fraction of sp³-hybridized carbons (Fsp3) is 0.636. The number of amides is 2. The van der Waals surface area contributed by atoms with E-state index < -0.39 is 10.0 Å². The van der Waals surface area contributed by atoms with E-state index in [0.29, 0.717) is 43.9 Å². The molecule has 2 heterocycles. The summed E-state index contributed by atoms with van der Waals surface area (Å²) in [5.74, 6) is -0.125. The molecule has 7 nitrogen and oxygen atoms in total. The highest BCUT2D eigenvalue weighted by molar-refractivity contribution is 7.89. The van der Waals surface area contributed by atoms with Crippen LogP contribution in [0.3, 0.4) is 0 Å². The molecule has 1 N–H and O–H groups in total. The van der Waals surface area contributed by atoms with Gasteiger partial charge in [0, 0.05) is 44.1 Å². The number of carbonyl (C=O) groups is 2. The Morgan fingerprint density at radius 3 is 2.27 bits per heavy atom. The van der Waals surface area contributed by atoms with Gasteiger partial charge in [-0.15, -0.1) is 0 Å². The first-order chi connectivity index (χ1) is 14.2. The average molecular weight is 436 g/mol. The van der Waals surface area contributed by atoms with Crippen LogP contribution in [0.25, 0.3) is 0 Å². The van der Waals surface area contributed by atoms with E-state index in [4.69, 9.17) is 0 Å². The second-order valence-electron chi connectivity index (χ2n) is 8.78. The first kappa shape index (κ1) is 22.7. The van der Waals surface area contributed by atoms with Gasteiger partial charge in [-0.05, 0) is 44.7 Å². The molecular weight excluding hydrogens is 402 g/mol. The normalized spacial score (nSPS) is 21.6. The van der Waals surface area contributed by atoms with Gasteiger partial charge in [0.25, 0.3) is 0 Å². The molecule has 0 aromatic heterocycles. The molecule has 2 fully saturated rings. The van der Waals surface area contributed by atoms with Crippen molar-refractivity contribution >= 4 is 21.8 Å². The summed E-state index contributed by atoms with van der Waals surface area (Å²) in [5, 5.41) is 3.03. The largest absolute Gasteiger partial charge is 0.351 e. The molecule has 2 amide bonds. The summed E-state index contributed by atoms with van der Waals surface area (Å²) < 4.78 is 27.2. The first-order valence-electron chi connectivity index (χ1n) is 10.8. The lowest BCUT2D eigenvalue weighted by atomic mass is 9.94. The topological polar surface area (TPSA) is 86.8 Å². The summed E-state index contributed by atoms with van der Waals surface area (Å²) in [6, 6.07) is 6.88. The van der Waals surface area contributed by atoms with E-state index in [1.54, 1.807) is 24.3 Å². The van der Waals surface area contributed by atoms with Crippen LogP contribution in [0.4, 0.5) is 0 Å². The van der Waals surface area contributed by atoms with Gasteiger partial charge in [-0.3, -0.25) is 9.59 Å². The Kier molecular flexibility index (Phi) is 7.18. The molecule has 8 heteroatoms. The van der Waals surface area contributed by atoms with E-state index in [1.165, 1.54) is 4.31 Å². The standard InChI is InChI=1S/C22H33N3O4S/c1-16(2)21(26)23-19-5-4-12-24(15-19)22(27)18-10-13-25(14-11-18)30(28,29)20-8-6-17(3)7-9-20/h6-9,16,18-19H,4-5,10-15H2,1-3H3,(H,23,26). The SMILES string of the molecule is Cc1ccc(S(=O)(=O)N2CCC(C(=O)N3CCCC(NC(=O)C(C)C)C3)CC2)cc1. The van der Waals surface area contributed by atoms with Gasteiger partial charge < -0.3 is 10.2 Å². The molecule has 0 saturated carbocycles. The molecular formula is C22H33N3O4S. The number of hydrogen-bond donors (Lipinski definition) is 1. The van der Waals surface area contributed by atoms with Gasteiger partial charge in [0.1, 0.15) is 0 Å². The van der Waals surface area contributed by atoms with Crippen molar-refractivity contribution in [3.63, 3.8) is 0 Å². The molecule has 1 aromatic rings.